The molecular formula is C24H19ClFN5O2S. The summed E-state index contributed by atoms with van der Waals surface area (Å²) < 4.78 is 15.1. The summed E-state index contributed by atoms with van der Waals surface area (Å²) >= 11 is 0.834. The van der Waals surface area contributed by atoms with E-state index in [2.05, 4.69) is 21.7 Å². The number of anilines is 1. The van der Waals surface area contributed by atoms with E-state index >= 15 is 4.39 Å². The molecule has 2 N–H and O–H groups in total. The second kappa shape index (κ2) is 9.81. The van der Waals surface area contributed by atoms with Crippen LogP contribution in [-0.2, 0) is 4.79 Å². The fourth-order valence-electron chi connectivity index (χ4n) is 4.09. The molecular weight excluding hydrogens is 477 g/mol. The van der Waals surface area contributed by atoms with Crippen LogP contribution in [0.15, 0.2) is 47.5 Å². The van der Waals surface area contributed by atoms with Crippen molar-refractivity contribution >= 4 is 58.0 Å². The van der Waals surface area contributed by atoms with E-state index in [0.29, 0.717) is 38.8 Å². The number of carbonyl (C=O) groups excluding carboxylic acids is 2. The van der Waals surface area contributed by atoms with Crippen molar-refractivity contribution in [2.75, 3.05) is 31.1 Å². The van der Waals surface area contributed by atoms with Crippen LogP contribution in [0, 0.1) is 17.1 Å². The van der Waals surface area contributed by atoms with Gasteiger partial charge in [-0.2, -0.15) is 5.26 Å². The normalized spacial score (nSPS) is 16.9. The van der Waals surface area contributed by atoms with Gasteiger partial charge < -0.3 is 10.2 Å². The second-order valence-electron chi connectivity index (χ2n) is 7.69. The molecule has 1 aromatic heterocycles. The average Bonchev–Trinajstić information content (AvgIpc) is 3.14. The van der Waals surface area contributed by atoms with Crippen molar-refractivity contribution in [1.82, 2.24) is 15.6 Å². The number of nitrogens with one attached hydrogen (secondary N) is 2. The van der Waals surface area contributed by atoms with Gasteiger partial charge >= 0.3 is 0 Å². The Morgan fingerprint density at radius 3 is 2.62 bits per heavy atom. The molecule has 0 spiro atoms. The first-order valence-electron chi connectivity index (χ1n) is 10.4. The Labute approximate surface area is 205 Å². The Kier molecular flexibility index (Phi) is 6.84. The number of rotatable bonds is 3. The largest absolute Gasteiger partial charge is 0.367 e. The first kappa shape index (κ1) is 23.7. The van der Waals surface area contributed by atoms with E-state index in [1.54, 1.807) is 30.3 Å². The lowest BCUT2D eigenvalue weighted by atomic mass is 9.95. The molecule has 34 heavy (non-hydrogen) atoms. The summed E-state index contributed by atoms with van der Waals surface area (Å²) in [5, 5.41) is 15.5. The van der Waals surface area contributed by atoms with E-state index < -0.39 is 11.1 Å². The van der Waals surface area contributed by atoms with Crippen LogP contribution in [0.1, 0.15) is 11.1 Å². The van der Waals surface area contributed by atoms with Crippen LogP contribution < -0.4 is 15.5 Å². The molecule has 3 heterocycles. The molecule has 0 aliphatic carbocycles. The van der Waals surface area contributed by atoms with Crippen molar-refractivity contribution in [2.45, 2.75) is 0 Å². The number of fused-ring (bicyclic) bond motifs is 1. The fourth-order valence-corrected chi connectivity index (χ4v) is 4.77. The van der Waals surface area contributed by atoms with Gasteiger partial charge in [-0.05, 0) is 53.2 Å². The lowest BCUT2D eigenvalue weighted by Gasteiger charge is -2.29. The number of halogens is 2. The Hall–Kier alpha value is -3.45. The van der Waals surface area contributed by atoms with Gasteiger partial charge in [-0.3, -0.25) is 19.9 Å². The van der Waals surface area contributed by atoms with Crippen LogP contribution in [0.3, 0.4) is 0 Å². The highest BCUT2D eigenvalue weighted by Crippen LogP contribution is 2.35. The number of pyridine rings is 1. The third-order valence-corrected chi connectivity index (χ3v) is 6.46. The molecule has 2 aromatic carbocycles. The van der Waals surface area contributed by atoms with Gasteiger partial charge in [-0.15, -0.1) is 12.4 Å². The molecule has 2 aliphatic heterocycles. The Morgan fingerprint density at radius 1 is 1.15 bits per heavy atom. The van der Waals surface area contributed by atoms with Gasteiger partial charge in [0.15, 0.2) is 0 Å². The zero-order chi connectivity index (χ0) is 22.9. The van der Waals surface area contributed by atoms with Crippen molar-refractivity contribution in [3.05, 3.63) is 64.4 Å². The molecule has 0 saturated carbocycles. The van der Waals surface area contributed by atoms with Crippen LogP contribution >= 0.6 is 24.2 Å². The number of nitriles is 1. The SMILES string of the molecule is Cl.N#Cc1cnc2ccc(C=C3SC(=O)NC3=O)cc2c1-c1ccc(N2CCNCC2)c(F)c1. The van der Waals surface area contributed by atoms with Crippen LogP contribution in [0.25, 0.3) is 28.1 Å². The number of piperazine rings is 1. The number of hydrogen-bond donors (Lipinski definition) is 2. The molecule has 2 saturated heterocycles. The van der Waals surface area contributed by atoms with Gasteiger partial charge in [-0.25, -0.2) is 4.39 Å². The Balaban J connectivity index is 0.00000274. The van der Waals surface area contributed by atoms with Crippen LogP contribution in [0.5, 0.6) is 0 Å². The van der Waals surface area contributed by atoms with Crippen molar-refractivity contribution in [3.63, 3.8) is 0 Å². The maximum absolute atomic E-state index is 15.1. The van der Waals surface area contributed by atoms with Gasteiger partial charge in [0.05, 0.1) is 21.7 Å². The van der Waals surface area contributed by atoms with E-state index in [9.17, 15) is 14.9 Å². The van der Waals surface area contributed by atoms with Gasteiger partial charge in [-0.1, -0.05) is 12.1 Å². The molecule has 0 atom stereocenters. The maximum atomic E-state index is 15.1. The minimum absolute atomic E-state index is 0. The van der Waals surface area contributed by atoms with Crippen LogP contribution in [-0.4, -0.2) is 42.3 Å². The number of imide groups is 1. The summed E-state index contributed by atoms with van der Waals surface area (Å²) in [6.45, 7) is 3.05. The van der Waals surface area contributed by atoms with E-state index in [0.717, 1.165) is 37.9 Å². The predicted octanol–water partition coefficient (Wildman–Crippen LogP) is 4.07. The second-order valence-corrected chi connectivity index (χ2v) is 8.71. The number of hydrogen-bond acceptors (Lipinski definition) is 7. The predicted molar refractivity (Wildman–Crippen MR) is 133 cm³/mol. The molecule has 2 fully saturated rings. The molecule has 172 valence electrons. The summed E-state index contributed by atoms with van der Waals surface area (Å²) in [4.78, 5) is 30.0. The van der Waals surface area contributed by atoms with E-state index in [4.69, 9.17) is 0 Å². The van der Waals surface area contributed by atoms with Gasteiger partial charge in [0.2, 0.25) is 0 Å². The number of benzene rings is 2. The number of nitrogens with zero attached hydrogens (tertiary/aromatic N) is 3. The lowest BCUT2D eigenvalue weighted by Crippen LogP contribution is -2.43. The topological polar surface area (TPSA) is 98.1 Å². The van der Waals surface area contributed by atoms with Crippen molar-refractivity contribution in [3.8, 4) is 17.2 Å². The van der Waals surface area contributed by atoms with E-state index in [1.165, 1.54) is 12.3 Å². The summed E-state index contributed by atoms with van der Waals surface area (Å²) in [5.74, 6) is -0.793. The quantitative estimate of drug-likeness (QED) is 0.528. The Morgan fingerprint density at radius 2 is 1.94 bits per heavy atom. The van der Waals surface area contributed by atoms with Crippen LogP contribution in [0.2, 0.25) is 0 Å². The highest BCUT2D eigenvalue weighted by Gasteiger charge is 2.25. The van der Waals surface area contributed by atoms with Gasteiger partial charge in [0.25, 0.3) is 11.1 Å². The monoisotopic (exact) mass is 495 g/mol. The molecule has 2 amide bonds. The van der Waals surface area contributed by atoms with Crippen molar-refractivity contribution in [2.24, 2.45) is 0 Å². The summed E-state index contributed by atoms with van der Waals surface area (Å²) in [7, 11) is 0. The third kappa shape index (κ3) is 4.48. The van der Waals surface area contributed by atoms with Gasteiger partial charge in [0.1, 0.15) is 11.9 Å². The first-order valence-corrected chi connectivity index (χ1v) is 11.2. The fraction of sp³-hybridized carbons (Fsp3) is 0.167. The Bertz CT molecular complexity index is 1380. The number of carbonyl (C=O) groups is 2. The summed E-state index contributed by atoms with van der Waals surface area (Å²) in [6.07, 6.45) is 3.10. The minimum Gasteiger partial charge on any atom is -0.367 e. The first-order chi connectivity index (χ1) is 16.0. The highest BCUT2D eigenvalue weighted by molar-refractivity contribution is 8.18. The molecule has 3 aromatic rings. The van der Waals surface area contributed by atoms with Crippen molar-refractivity contribution < 1.29 is 14.0 Å². The van der Waals surface area contributed by atoms with E-state index in [-0.39, 0.29) is 23.1 Å². The highest BCUT2D eigenvalue weighted by atomic mass is 35.5. The summed E-state index contributed by atoms with van der Waals surface area (Å²) in [6, 6.07) is 12.5. The number of aromatic nitrogens is 1. The van der Waals surface area contributed by atoms with Crippen molar-refractivity contribution in [1.29, 1.82) is 5.26 Å². The zero-order valence-corrected chi connectivity index (χ0v) is 19.4. The molecule has 7 nitrogen and oxygen atoms in total. The standard InChI is InChI=1S/C24H18FN5O2S.ClH/c25-18-11-15(2-4-20(18)30-7-5-27-6-8-30)22-16(12-26)13-28-19-3-1-14(9-17(19)22)10-21-23(31)29-24(32)33-21;/h1-4,9-11,13,27H,5-8H2,(H,29,31,32);1H. The molecule has 0 bridgehead atoms. The van der Waals surface area contributed by atoms with Gasteiger partial charge in [0, 0.05) is 43.3 Å². The average molecular weight is 496 g/mol. The zero-order valence-electron chi connectivity index (χ0n) is 17.8. The number of amides is 2. The lowest BCUT2D eigenvalue weighted by molar-refractivity contribution is -0.115. The third-order valence-electron chi connectivity index (χ3n) is 5.65. The molecule has 5 rings (SSSR count). The molecule has 0 unspecified atom stereocenters. The molecule has 10 heteroatoms. The summed E-state index contributed by atoms with van der Waals surface area (Å²) in [5.41, 5.74) is 3.32. The molecule has 0 radical (unpaired) electrons. The van der Waals surface area contributed by atoms with E-state index in [1.807, 2.05) is 11.0 Å². The number of thioether (sulfide) groups is 1. The minimum atomic E-state index is -0.445. The molecule has 2 aliphatic rings. The maximum Gasteiger partial charge on any atom is 0.290 e. The van der Waals surface area contributed by atoms with Crippen LogP contribution in [0.4, 0.5) is 14.9 Å². The smallest absolute Gasteiger partial charge is 0.290 e.